The van der Waals surface area contributed by atoms with E-state index in [2.05, 4.69) is 0 Å². The van der Waals surface area contributed by atoms with Crippen molar-refractivity contribution in [2.75, 3.05) is 6.54 Å². The predicted molar refractivity (Wildman–Crippen MR) is 62.2 cm³/mol. The van der Waals surface area contributed by atoms with Crippen molar-refractivity contribution in [1.82, 2.24) is 0 Å². The fourth-order valence-corrected chi connectivity index (χ4v) is 1.66. The smallest absolute Gasteiger partial charge is 0.223 e. The summed E-state index contributed by atoms with van der Waals surface area (Å²) in [6, 6.07) is 6.06. The van der Waals surface area contributed by atoms with Gasteiger partial charge in [0.25, 0.3) is 0 Å². The molecule has 0 aliphatic heterocycles. The molecular formula is C11H14N2O4. The fraction of sp³-hybridized carbons (Fsp3) is 0.455. The van der Waals surface area contributed by atoms with Gasteiger partial charge in [-0.2, -0.15) is 0 Å². The van der Waals surface area contributed by atoms with Crippen LogP contribution in [-0.2, 0) is 0 Å². The molecule has 0 aliphatic carbocycles. The molecule has 1 rings (SSSR count). The molecule has 1 aromatic carbocycles. The molecule has 2 atom stereocenters. The van der Waals surface area contributed by atoms with E-state index >= 15 is 0 Å². The van der Waals surface area contributed by atoms with Crippen molar-refractivity contribution in [2.45, 2.75) is 25.8 Å². The number of rotatable bonds is 5. The van der Waals surface area contributed by atoms with Gasteiger partial charge in [0.15, 0.2) is 0 Å². The standard InChI is InChI=1S/C11H14N2O4/c1-8-3-5-10(6-4-8)11(7-12(14)15)9(2)13(16)17/h3-6,9,11H,7H2,1-2H3/t9-,11-/m0/s1. The molecule has 6 nitrogen and oxygen atoms in total. The molecule has 0 N–H and O–H groups in total. The van der Waals surface area contributed by atoms with Gasteiger partial charge in [0.1, 0.15) is 5.92 Å². The van der Waals surface area contributed by atoms with Crippen molar-refractivity contribution in [1.29, 1.82) is 0 Å². The van der Waals surface area contributed by atoms with Crippen molar-refractivity contribution in [3.8, 4) is 0 Å². The summed E-state index contributed by atoms with van der Waals surface area (Å²) < 4.78 is 0. The Morgan fingerprint density at radius 3 is 2.12 bits per heavy atom. The van der Waals surface area contributed by atoms with Crippen LogP contribution < -0.4 is 0 Å². The lowest BCUT2D eigenvalue weighted by Gasteiger charge is -2.14. The lowest BCUT2D eigenvalue weighted by Crippen LogP contribution is -2.29. The second-order valence-electron chi connectivity index (χ2n) is 4.06. The molecule has 17 heavy (non-hydrogen) atoms. The monoisotopic (exact) mass is 238 g/mol. The van der Waals surface area contributed by atoms with Gasteiger partial charge in [0.2, 0.25) is 12.6 Å². The third kappa shape index (κ3) is 3.51. The van der Waals surface area contributed by atoms with E-state index in [9.17, 15) is 20.2 Å². The Balaban J connectivity index is 3.01. The van der Waals surface area contributed by atoms with Crippen LogP contribution in [0, 0.1) is 27.2 Å². The van der Waals surface area contributed by atoms with Crippen LogP contribution in [-0.4, -0.2) is 22.4 Å². The molecule has 0 fully saturated rings. The Bertz CT molecular complexity index is 416. The van der Waals surface area contributed by atoms with E-state index in [0.29, 0.717) is 5.56 Å². The van der Waals surface area contributed by atoms with Crippen LogP contribution in [0.25, 0.3) is 0 Å². The van der Waals surface area contributed by atoms with Crippen molar-refractivity contribution in [3.05, 3.63) is 55.6 Å². The highest BCUT2D eigenvalue weighted by molar-refractivity contribution is 5.25. The number of nitrogens with zero attached hydrogens (tertiary/aromatic N) is 2. The van der Waals surface area contributed by atoms with E-state index in [1.807, 2.05) is 6.92 Å². The Morgan fingerprint density at radius 2 is 1.71 bits per heavy atom. The number of benzene rings is 1. The van der Waals surface area contributed by atoms with Crippen molar-refractivity contribution in [2.24, 2.45) is 0 Å². The minimum Gasteiger partial charge on any atom is -0.265 e. The van der Waals surface area contributed by atoms with E-state index in [4.69, 9.17) is 0 Å². The zero-order valence-electron chi connectivity index (χ0n) is 9.70. The highest BCUT2D eigenvalue weighted by Crippen LogP contribution is 2.22. The molecule has 0 radical (unpaired) electrons. The molecule has 1 aromatic rings. The number of nitro groups is 2. The van der Waals surface area contributed by atoms with E-state index < -0.39 is 28.4 Å². The average molecular weight is 238 g/mol. The van der Waals surface area contributed by atoms with Gasteiger partial charge < -0.3 is 0 Å². The maximum atomic E-state index is 10.7. The van der Waals surface area contributed by atoms with E-state index in [1.54, 1.807) is 24.3 Å². The molecule has 0 unspecified atom stereocenters. The first-order valence-corrected chi connectivity index (χ1v) is 5.23. The normalized spacial score (nSPS) is 14.0. The Morgan fingerprint density at radius 1 is 1.18 bits per heavy atom. The molecule has 0 spiro atoms. The Kier molecular flexibility index (Phi) is 4.14. The van der Waals surface area contributed by atoms with Crippen LogP contribution in [0.2, 0.25) is 0 Å². The van der Waals surface area contributed by atoms with Gasteiger partial charge in [-0.25, -0.2) is 0 Å². The summed E-state index contributed by atoms with van der Waals surface area (Å²) in [5.41, 5.74) is 1.65. The molecule has 0 saturated carbocycles. The molecule has 6 heteroatoms. The number of hydrogen-bond donors (Lipinski definition) is 0. The second-order valence-corrected chi connectivity index (χ2v) is 4.06. The molecule has 0 aromatic heterocycles. The van der Waals surface area contributed by atoms with Crippen LogP contribution >= 0.6 is 0 Å². The van der Waals surface area contributed by atoms with Gasteiger partial charge in [-0.15, -0.1) is 0 Å². The minimum absolute atomic E-state index is 0.425. The highest BCUT2D eigenvalue weighted by Gasteiger charge is 2.32. The summed E-state index contributed by atoms with van der Waals surface area (Å²) in [6.45, 7) is 2.86. The Hall–Kier alpha value is -1.98. The van der Waals surface area contributed by atoms with Gasteiger partial charge in [-0.05, 0) is 12.5 Å². The van der Waals surface area contributed by atoms with Gasteiger partial charge in [0, 0.05) is 16.8 Å². The van der Waals surface area contributed by atoms with Crippen molar-refractivity contribution < 1.29 is 9.85 Å². The van der Waals surface area contributed by atoms with Crippen LogP contribution in [0.3, 0.4) is 0 Å². The first kappa shape index (κ1) is 13.1. The van der Waals surface area contributed by atoms with Gasteiger partial charge in [0.05, 0.1) is 0 Å². The van der Waals surface area contributed by atoms with Crippen LogP contribution in [0.15, 0.2) is 24.3 Å². The third-order valence-corrected chi connectivity index (χ3v) is 2.77. The van der Waals surface area contributed by atoms with Crippen LogP contribution in [0.4, 0.5) is 0 Å². The largest absolute Gasteiger partial charge is 0.265 e. The van der Waals surface area contributed by atoms with E-state index in [-0.39, 0.29) is 0 Å². The summed E-state index contributed by atoms with van der Waals surface area (Å²) in [4.78, 5) is 20.3. The second kappa shape index (κ2) is 5.38. The highest BCUT2D eigenvalue weighted by atomic mass is 16.6. The first-order chi connectivity index (χ1) is 7.91. The van der Waals surface area contributed by atoms with Crippen molar-refractivity contribution >= 4 is 0 Å². The SMILES string of the molecule is Cc1ccc([C@@H](C[N+](=O)[O-])[C@H](C)[N+](=O)[O-])cc1. The molecule has 0 aliphatic rings. The number of aryl methyl sites for hydroxylation is 1. The van der Waals surface area contributed by atoms with Crippen molar-refractivity contribution in [3.63, 3.8) is 0 Å². The summed E-state index contributed by atoms with van der Waals surface area (Å²) in [5, 5.41) is 21.3. The predicted octanol–water partition coefficient (Wildman–Crippen LogP) is 2.02. The average Bonchev–Trinajstić information content (AvgIpc) is 2.26. The van der Waals surface area contributed by atoms with Gasteiger partial charge >= 0.3 is 0 Å². The fourth-order valence-electron chi connectivity index (χ4n) is 1.66. The maximum Gasteiger partial charge on any atom is 0.223 e. The Labute approximate surface area is 98.6 Å². The summed E-state index contributed by atoms with van der Waals surface area (Å²) >= 11 is 0. The molecule has 0 heterocycles. The third-order valence-electron chi connectivity index (χ3n) is 2.77. The van der Waals surface area contributed by atoms with Gasteiger partial charge in [-0.1, -0.05) is 29.8 Å². The zero-order chi connectivity index (χ0) is 13.0. The quantitative estimate of drug-likeness (QED) is 0.580. The van der Waals surface area contributed by atoms with Crippen LogP contribution in [0.1, 0.15) is 24.0 Å². The lowest BCUT2D eigenvalue weighted by atomic mass is 9.92. The molecule has 92 valence electrons. The lowest BCUT2D eigenvalue weighted by molar-refractivity contribution is -0.543. The number of hydrogen-bond acceptors (Lipinski definition) is 4. The maximum absolute atomic E-state index is 10.7. The summed E-state index contributed by atoms with van der Waals surface area (Å²) in [5.74, 6) is -0.694. The zero-order valence-corrected chi connectivity index (χ0v) is 9.70. The summed E-state index contributed by atoms with van der Waals surface area (Å²) in [6.07, 6.45) is 0. The minimum atomic E-state index is -0.969. The van der Waals surface area contributed by atoms with Gasteiger partial charge in [-0.3, -0.25) is 20.2 Å². The topological polar surface area (TPSA) is 86.3 Å². The molecule has 0 saturated heterocycles. The van der Waals surface area contributed by atoms with E-state index in [0.717, 1.165) is 5.56 Å². The molecular weight excluding hydrogens is 224 g/mol. The van der Waals surface area contributed by atoms with E-state index in [1.165, 1.54) is 6.92 Å². The summed E-state index contributed by atoms with van der Waals surface area (Å²) in [7, 11) is 0. The van der Waals surface area contributed by atoms with Crippen LogP contribution in [0.5, 0.6) is 0 Å². The molecule has 0 amide bonds. The molecule has 0 bridgehead atoms. The first-order valence-electron chi connectivity index (χ1n) is 5.23.